The summed E-state index contributed by atoms with van der Waals surface area (Å²) in [6.45, 7) is 9.19. The lowest BCUT2D eigenvalue weighted by Crippen LogP contribution is -2.51. The first-order chi connectivity index (χ1) is 8.85. The average Bonchev–Trinajstić information content (AvgIpc) is 2.26. The molecule has 1 saturated heterocycles. The second-order valence-corrected chi connectivity index (χ2v) is 5.97. The number of hydrogen-bond donors (Lipinski definition) is 2. The molecular weight excluding hydrogens is 238 g/mol. The molecule has 4 nitrogen and oxygen atoms in total. The van der Waals surface area contributed by atoms with Gasteiger partial charge in [0.1, 0.15) is 5.84 Å². The second-order valence-electron chi connectivity index (χ2n) is 5.97. The second kappa shape index (κ2) is 5.31. The van der Waals surface area contributed by atoms with Crippen molar-refractivity contribution in [3.05, 3.63) is 35.4 Å². The Morgan fingerprint density at radius 3 is 2.58 bits per heavy atom. The van der Waals surface area contributed by atoms with Crippen LogP contribution in [-0.2, 0) is 11.3 Å². The van der Waals surface area contributed by atoms with Crippen molar-refractivity contribution < 1.29 is 4.74 Å². The van der Waals surface area contributed by atoms with Gasteiger partial charge in [-0.2, -0.15) is 0 Å². The van der Waals surface area contributed by atoms with Crippen molar-refractivity contribution in [2.75, 3.05) is 13.1 Å². The topological polar surface area (TPSA) is 62.3 Å². The lowest BCUT2D eigenvalue weighted by Gasteiger charge is -2.41. The fraction of sp³-hybridized carbons (Fsp3) is 0.533. The Morgan fingerprint density at radius 2 is 2.05 bits per heavy atom. The molecule has 104 valence electrons. The molecule has 0 aromatic heterocycles. The number of rotatable bonds is 3. The molecule has 3 N–H and O–H groups in total. The van der Waals surface area contributed by atoms with E-state index in [1.54, 1.807) is 0 Å². The van der Waals surface area contributed by atoms with Crippen molar-refractivity contribution >= 4 is 5.84 Å². The SMILES string of the molecule is CC1CN(Cc2ccc(C(=N)N)cc2)CC(C)(C)O1. The van der Waals surface area contributed by atoms with Crippen LogP contribution in [0, 0.1) is 5.41 Å². The maximum absolute atomic E-state index is 7.39. The van der Waals surface area contributed by atoms with Crippen LogP contribution in [-0.4, -0.2) is 35.5 Å². The largest absolute Gasteiger partial charge is 0.384 e. The number of amidine groups is 1. The molecule has 4 heteroatoms. The summed E-state index contributed by atoms with van der Waals surface area (Å²) in [7, 11) is 0. The van der Waals surface area contributed by atoms with E-state index in [2.05, 4.69) is 25.7 Å². The zero-order valence-electron chi connectivity index (χ0n) is 11.9. The zero-order chi connectivity index (χ0) is 14.0. The molecule has 0 bridgehead atoms. The predicted octanol–water partition coefficient (Wildman–Crippen LogP) is 1.97. The number of nitrogens with one attached hydrogen (secondary N) is 1. The first-order valence-corrected chi connectivity index (χ1v) is 6.69. The maximum atomic E-state index is 7.39. The van der Waals surface area contributed by atoms with E-state index in [0.717, 1.165) is 25.2 Å². The molecule has 1 atom stereocenters. The Balaban J connectivity index is 2.02. The van der Waals surface area contributed by atoms with Gasteiger partial charge in [0.2, 0.25) is 0 Å². The van der Waals surface area contributed by atoms with Gasteiger partial charge in [-0.3, -0.25) is 10.3 Å². The number of hydrogen-bond acceptors (Lipinski definition) is 3. The number of nitrogen functional groups attached to an aromatic ring is 1. The molecule has 1 aromatic carbocycles. The van der Waals surface area contributed by atoms with Crippen molar-refractivity contribution in [3.63, 3.8) is 0 Å². The third-order valence-corrected chi connectivity index (χ3v) is 3.31. The highest BCUT2D eigenvalue weighted by Gasteiger charge is 2.30. The molecule has 0 saturated carbocycles. The Hall–Kier alpha value is -1.39. The molecule has 0 spiro atoms. The zero-order valence-corrected chi connectivity index (χ0v) is 11.9. The molecule has 1 aromatic rings. The lowest BCUT2D eigenvalue weighted by molar-refractivity contribution is -0.130. The molecule has 0 radical (unpaired) electrons. The summed E-state index contributed by atoms with van der Waals surface area (Å²) >= 11 is 0. The van der Waals surface area contributed by atoms with E-state index < -0.39 is 0 Å². The van der Waals surface area contributed by atoms with E-state index in [9.17, 15) is 0 Å². The first-order valence-electron chi connectivity index (χ1n) is 6.69. The average molecular weight is 261 g/mol. The van der Waals surface area contributed by atoms with Crippen LogP contribution in [0.3, 0.4) is 0 Å². The van der Waals surface area contributed by atoms with Crippen LogP contribution in [0.1, 0.15) is 31.9 Å². The molecule has 2 rings (SSSR count). The fourth-order valence-electron chi connectivity index (χ4n) is 2.75. The molecule has 1 heterocycles. The smallest absolute Gasteiger partial charge is 0.122 e. The Bertz CT molecular complexity index is 453. The van der Waals surface area contributed by atoms with Gasteiger partial charge in [-0.25, -0.2) is 0 Å². The Labute approximate surface area is 115 Å². The van der Waals surface area contributed by atoms with Crippen LogP contribution in [0.15, 0.2) is 24.3 Å². The summed E-state index contributed by atoms with van der Waals surface area (Å²) in [6.07, 6.45) is 0.264. The van der Waals surface area contributed by atoms with Gasteiger partial charge >= 0.3 is 0 Å². The van der Waals surface area contributed by atoms with Gasteiger partial charge in [0.25, 0.3) is 0 Å². The van der Waals surface area contributed by atoms with Gasteiger partial charge in [0.05, 0.1) is 11.7 Å². The third kappa shape index (κ3) is 3.78. The van der Waals surface area contributed by atoms with Crippen molar-refractivity contribution in [2.45, 2.75) is 39.0 Å². The molecule has 1 fully saturated rings. The number of nitrogens with two attached hydrogens (primary N) is 1. The molecule has 1 aliphatic heterocycles. The van der Waals surface area contributed by atoms with E-state index in [1.807, 2.05) is 24.3 Å². The van der Waals surface area contributed by atoms with E-state index in [1.165, 1.54) is 5.56 Å². The number of morpholine rings is 1. The van der Waals surface area contributed by atoms with Gasteiger partial charge < -0.3 is 10.5 Å². The van der Waals surface area contributed by atoms with Crippen LogP contribution < -0.4 is 5.73 Å². The fourth-order valence-corrected chi connectivity index (χ4v) is 2.75. The standard InChI is InChI=1S/C15H23N3O/c1-11-8-18(10-15(2,3)19-11)9-12-4-6-13(7-5-12)14(16)17/h4-7,11H,8-10H2,1-3H3,(H3,16,17). The maximum Gasteiger partial charge on any atom is 0.122 e. The van der Waals surface area contributed by atoms with Crippen molar-refractivity contribution in [3.8, 4) is 0 Å². The molecule has 1 aliphatic rings. The van der Waals surface area contributed by atoms with Crippen LogP contribution in [0.4, 0.5) is 0 Å². The minimum Gasteiger partial charge on any atom is -0.384 e. The van der Waals surface area contributed by atoms with Gasteiger partial charge in [-0.05, 0) is 26.3 Å². The molecular formula is C15H23N3O. The number of ether oxygens (including phenoxy) is 1. The molecule has 0 amide bonds. The van der Waals surface area contributed by atoms with Gasteiger partial charge in [-0.1, -0.05) is 24.3 Å². The molecule has 19 heavy (non-hydrogen) atoms. The molecule has 1 unspecified atom stereocenters. The van der Waals surface area contributed by atoms with E-state index in [-0.39, 0.29) is 17.5 Å². The summed E-state index contributed by atoms with van der Waals surface area (Å²) < 4.78 is 5.91. The first kappa shape index (κ1) is 14.0. The minimum atomic E-state index is -0.0863. The quantitative estimate of drug-likeness (QED) is 0.646. The van der Waals surface area contributed by atoms with Crippen LogP contribution in [0.25, 0.3) is 0 Å². The predicted molar refractivity (Wildman–Crippen MR) is 77.4 cm³/mol. The van der Waals surface area contributed by atoms with Crippen molar-refractivity contribution in [1.29, 1.82) is 5.41 Å². The molecule has 0 aliphatic carbocycles. The highest BCUT2D eigenvalue weighted by Crippen LogP contribution is 2.22. The normalized spacial score (nSPS) is 23.2. The van der Waals surface area contributed by atoms with Crippen LogP contribution in [0.2, 0.25) is 0 Å². The van der Waals surface area contributed by atoms with Crippen LogP contribution in [0.5, 0.6) is 0 Å². The summed E-state index contributed by atoms with van der Waals surface area (Å²) in [4.78, 5) is 2.41. The van der Waals surface area contributed by atoms with Gasteiger partial charge in [0.15, 0.2) is 0 Å². The summed E-state index contributed by atoms with van der Waals surface area (Å²) in [6, 6.07) is 7.91. The number of benzene rings is 1. The Morgan fingerprint density at radius 1 is 1.42 bits per heavy atom. The van der Waals surface area contributed by atoms with E-state index in [0.29, 0.717) is 0 Å². The van der Waals surface area contributed by atoms with Crippen LogP contribution >= 0.6 is 0 Å². The summed E-state index contributed by atoms with van der Waals surface area (Å²) in [5.41, 5.74) is 7.39. The van der Waals surface area contributed by atoms with E-state index in [4.69, 9.17) is 15.9 Å². The highest BCUT2D eigenvalue weighted by atomic mass is 16.5. The third-order valence-electron chi connectivity index (χ3n) is 3.31. The van der Waals surface area contributed by atoms with Gasteiger partial charge in [-0.15, -0.1) is 0 Å². The van der Waals surface area contributed by atoms with Crippen molar-refractivity contribution in [1.82, 2.24) is 4.90 Å². The van der Waals surface area contributed by atoms with E-state index >= 15 is 0 Å². The summed E-state index contributed by atoms with van der Waals surface area (Å²) in [5.74, 6) is 0.118. The van der Waals surface area contributed by atoms with Crippen molar-refractivity contribution in [2.24, 2.45) is 5.73 Å². The van der Waals surface area contributed by atoms with Gasteiger partial charge in [0, 0.05) is 25.2 Å². The number of nitrogens with zero attached hydrogens (tertiary/aromatic N) is 1. The minimum absolute atomic E-state index is 0.0863. The lowest BCUT2D eigenvalue weighted by atomic mass is 10.0. The Kier molecular flexibility index (Phi) is 3.92. The monoisotopic (exact) mass is 261 g/mol. The highest BCUT2D eigenvalue weighted by molar-refractivity contribution is 5.94. The summed E-state index contributed by atoms with van der Waals surface area (Å²) in [5, 5.41) is 7.39.